The average molecular weight is 258 g/mol. The van der Waals surface area contributed by atoms with E-state index in [2.05, 4.69) is 29.1 Å². The van der Waals surface area contributed by atoms with E-state index in [1.807, 2.05) is 16.8 Å². The largest absolute Gasteiger partial charge is 0.497 e. The van der Waals surface area contributed by atoms with Crippen LogP contribution >= 0.6 is 0 Å². The molecule has 19 heavy (non-hydrogen) atoms. The highest BCUT2D eigenvalue weighted by atomic mass is 16.5. The van der Waals surface area contributed by atoms with Crippen LogP contribution in [-0.4, -0.2) is 21.9 Å². The van der Waals surface area contributed by atoms with Gasteiger partial charge in [0.15, 0.2) is 0 Å². The van der Waals surface area contributed by atoms with E-state index in [1.54, 1.807) is 7.11 Å². The quantitative estimate of drug-likeness (QED) is 0.896. The highest BCUT2D eigenvalue weighted by molar-refractivity contribution is 5.30. The molecule has 100 valence electrons. The van der Waals surface area contributed by atoms with Gasteiger partial charge in [0.2, 0.25) is 5.95 Å². The second-order valence-corrected chi connectivity index (χ2v) is 5.12. The maximum absolute atomic E-state index is 5.68. The summed E-state index contributed by atoms with van der Waals surface area (Å²) in [5.74, 6) is 3.10. The van der Waals surface area contributed by atoms with E-state index in [1.165, 1.54) is 5.56 Å². The molecule has 1 aliphatic heterocycles. The van der Waals surface area contributed by atoms with E-state index in [0.29, 0.717) is 17.8 Å². The Morgan fingerprint density at radius 2 is 2.05 bits per heavy atom. The third-order valence-corrected chi connectivity index (χ3v) is 3.78. The molecule has 0 fully saturated rings. The molecule has 0 radical (unpaired) electrons. The molecule has 0 bridgehead atoms. The Morgan fingerprint density at radius 3 is 2.74 bits per heavy atom. The Bertz CT molecular complexity index is 576. The fourth-order valence-corrected chi connectivity index (χ4v) is 2.80. The predicted molar refractivity (Wildman–Crippen MR) is 73.2 cm³/mol. The number of fused-ring (bicyclic) bond motifs is 1. The first kappa shape index (κ1) is 12.0. The van der Waals surface area contributed by atoms with E-state index >= 15 is 0 Å². The summed E-state index contributed by atoms with van der Waals surface area (Å²) in [5.41, 5.74) is 7.00. The summed E-state index contributed by atoms with van der Waals surface area (Å²) in [6.45, 7) is 3.02. The molecule has 2 heterocycles. The van der Waals surface area contributed by atoms with E-state index in [0.717, 1.165) is 24.5 Å². The van der Waals surface area contributed by atoms with Crippen LogP contribution in [0.2, 0.25) is 0 Å². The first-order valence-corrected chi connectivity index (χ1v) is 6.51. The van der Waals surface area contributed by atoms with Crippen LogP contribution in [0.3, 0.4) is 0 Å². The molecule has 2 aromatic rings. The topological polar surface area (TPSA) is 66.0 Å². The molecule has 2 unspecified atom stereocenters. The van der Waals surface area contributed by atoms with Gasteiger partial charge in [-0.3, -0.25) is 0 Å². The van der Waals surface area contributed by atoms with Crippen molar-refractivity contribution in [2.45, 2.75) is 31.7 Å². The molecule has 0 saturated carbocycles. The van der Waals surface area contributed by atoms with Gasteiger partial charge >= 0.3 is 0 Å². The molecule has 5 heteroatoms. The first-order chi connectivity index (χ1) is 9.17. The summed E-state index contributed by atoms with van der Waals surface area (Å²) >= 11 is 0. The van der Waals surface area contributed by atoms with Crippen LogP contribution in [0.15, 0.2) is 24.3 Å². The Kier molecular flexibility index (Phi) is 2.89. The number of aromatic nitrogens is 3. The lowest BCUT2D eigenvalue weighted by Gasteiger charge is -2.27. The maximum Gasteiger partial charge on any atom is 0.239 e. The van der Waals surface area contributed by atoms with E-state index in [-0.39, 0.29) is 0 Å². The highest BCUT2D eigenvalue weighted by Crippen LogP contribution is 2.35. The normalized spacial score (nSPS) is 22.0. The second-order valence-electron chi connectivity index (χ2n) is 5.12. The summed E-state index contributed by atoms with van der Waals surface area (Å²) < 4.78 is 7.14. The second kappa shape index (κ2) is 4.57. The molecular weight excluding hydrogens is 240 g/mol. The molecule has 0 saturated heterocycles. The van der Waals surface area contributed by atoms with Crippen molar-refractivity contribution in [3.8, 4) is 5.75 Å². The van der Waals surface area contributed by atoms with Gasteiger partial charge in [-0.15, -0.1) is 5.10 Å². The molecule has 2 N–H and O–H groups in total. The first-order valence-electron chi connectivity index (χ1n) is 6.51. The van der Waals surface area contributed by atoms with Gasteiger partial charge in [-0.2, -0.15) is 4.98 Å². The van der Waals surface area contributed by atoms with Gasteiger partial charge in [0, 0.05) is 18.4 Å². The van der Waals surface area contributed by atoms with Gasteiger partial charge in [-0.05, 0) is 24.1 Å². The zero-order valence-electron chi connectivity index (χ0n) is 11.2. The van der Waals surface area contributed by atoms with Crippen LogP contribution in [0, 0.1) is 0 Å². The summed E-state index contributed by atoms with van der Waals surface area (Å²) in [4.78, 5) is 4.30. The molecule has 1 aliphatic rings. The Labute approximate surface area is 112 Å². The van der Waals surface area contributed by atoms with E-state index < -0.39 is 0 Å². The van der Waals surface area contributed by atoms with Gasteiger partial charge in [-0.25, -0.2) is 4.68 Å². The third-order valence-electron chi connectivity index (χ3n) is 3.78. The van der Waals surface area contributed by atoms with Crippen LogP contribution in [0.1, 0.15) is 36.6 Å². The minimum absolute atomic E-state index is 0.372. The van der Waals surface area contributed by atoms with E-state index in [4.69, 9.17) is 10.5 Å². The molecule has 2 atom stereocenters. The van der Waals surface area contributed by atoms with Gasteiger partial charge in [-0.1, -0.05) is 19.1 Å². The lowest BCUT2D eigenvalue weighted by molar-refractivity contribution is 0.381. The number of ether oxygens (including phenoxy) is 1. The summed E-state index contributed by atoms with van der Waals surface area (Å²) in [7, 11) is 1.68. The van der Waals surface area contributed by atoms with Gasteiger partial charge in [0.1, 0.15) is 11.6 Å². The molecule has 0 spiro atoms. The number of anilines is 1. The molecule has 5 nitrogen and oxygen atoms in total. The number of methoxy groups -OCH3 is 1. The van der Waals surface area contributed by atoms with Crippen molar-refractivity contribution in [1.29, 1.82) is 0 Å². The number of hydrogen-bond donors (Lipinski definition) is 1. The highest BCUT2D eigenvalue weighted by Gasteiger charge is 2.27. The maximum atomic E-state index is 5.68. The molecule has 1 aromatic carbocycles. The zero-order chi connectivity index (χ0) is 13.4. The Balaban J connectivity index is 1.87. The molecular formula is C14H18N4O. The standard InChI is InChI=1S/C14H18N4O/c1-9-7-11(8-18-13(9)16-14(15)17-18)10-3-5-12(19-2)6-4-10/h3-6,9,11H,7-8H2,1-2H3,(H2,15,17). The van der Waals surface area contributed by atoms with Gasteiger partial charge in [0.05, 0.1) is 7.11 Å². The number of rotatable bonds is 2. The Morgan fingerprint density at radius 1 is 1.32 bits per heavy atom. The number of nitrogens with two attached hydrogens (primary N) is 1. The zero-order valence-corrected chi connectivity index (χ0v) is 11.2. The van der Waals surface area contributed by atoms with Crippen molar-refractivity contribution < 1.29 is 4.74 Å². The molecule has 0 amide bonds. The SMILES string of the molecule is COc1ccc(C2CC(C)c3nc(N)nn3C2)cc1. The number of nitrogen functional groups attached to an aromatic ring is 1. The lowest BCUT2D eigenvalue weighted by atomic mass is 9.86. The lowest BCUT2D eigenvalue weighted by Crippen LogP contribution is -2.22. The van der Waals surface area contributed by atoms with Crippen LogP contribution in [-0.2, 0) is 6.54 Å². The smallest absolute Gasteiger partial charge is 0.239 e. The van der Waals surface area contributed by atoms with Crippen molar-refractivity contribution in [3.63, 3.8) is 0 Å². The summed E-state index contributed by atoms with van der Waals surface area (Å²) in [5, 5.41) is 4.27. The molecule has 3 rings (SSSR count). The number of nitrogens with zero attached hydrogens (tertiary/aromatic N) is 3. The molecule has 1 aromatic heterocycles. The number of benzene rings is 1. The van der Waals surface area contributed by atoms with Crippen LogP contribution in [0.25, 0.3) is 0 Å². The minimum atomic E-state index is 0.372. The fraction of sp³-hybridized carbons (Fsp3) is 0.429. The van der Waals surface area contributed by atoms with Crippen LogP contribution < -0.4 is 10.5 Å². The van der Waals surface area contributed by atoms with E-state index in [9.17, 15) is 0 Å². The predicted octanol–water partition coefficient (Wildman–Crippen LogP) is 2.16. The number of hydrogen-bond acceptors (Lipinski definition) is 4. The van der Waals surface area contributed by atoms with Gasteiger partial charge < -0.3 is 10.5 Å². The average Bonchev–Trinajstić information content (AvgIpc) is 2.80. The van der Waals surface area contributed by atoms with Crippen molar-refractivity contribution in [1.82, 2.24) is 14.8 Å². The third kappa shape index (κ3) is 2.16. The van der Waals surface area contributed by atoms with Crippen LogP contribution in [0.5, 0.6) is 5.75 Å². The monoisotopic (exact) mass is 258 g/mol. The van der Waals surface area contributed by atoms with Crippen molar-refractivity contribution in [3.05, 3.63) is 35.7 Å². The van der Waals surface area contributed by atoms with Crippen molar-refractivity contribution in [2.24, 2.45) is 0 Å². The fourth-order valence-electron chi connectivity index (χ4n) is 2.80. The summed E-state index contributed by atoms with van der Waals surface area (Å²) in [6.07, 6.45) is 1.07. The Hall–Kier alpha value is -2.04. The van der Waals surface area contributed by atoms with Gasteiger partial charge in [0.25, 0.3) is 0 Å². The van der Waals surface area contributed by atoms with Crippen molar-refractivity contribution in [2.75, 3.05) is 12.8 Å². The minimum Gasteiger partial charge on any atom is -0.497 e. The molecule has 0 aliphatic carbocycles. The summed E-state index contributed by atoms with van der Waals surface area (Å²) in [6, 6.07) is 8.26. The van der Waals surface area contributed by atoms with Crippen LogP contribution in [0.4, 0.5) is 5.95 Å². The van der Waals surface area contributed by atoms with Crippen molar-refractivity contribution >= 4 is 5.95 Å².